The van der Waals surface area contributed by atoms with Gasteiger partial charge in [-0.3, -0.25) is 14.6 Å². The van der Waals surface area contributed by atoms with Crippen molar-refractivity contribution in [3.8, 4) is 0 Å². The van der Waals surface area contributed by atoms with Gasteiger partial charge in [0.25, 0.3) is 5.91 Å². The van der Waals surface area contributed by atoms with Crippen LogP contribution in [0.4, 0.5) is 10.1 Å². The van der Waals surface area contributed by atoms with Crippen LogP contribution in [0.1, 0.15) is 27.1 Å². The number of benzene rings is 1. The molecule has 0 saturated carbocycles. The van der Waals surface area contributed by atoms with Crippen molar-refractivity contribution in [1.29, 1.82) is 0 Å². The maximum absolute atomic E-state index is 13.7. The van der Waals surface area contributed by atoms with E-state index in [-0.39, 0.29) is 24.3 Å². The number of hydrogen-bond donors (Lipinski definition) is 0. The summed E-state index contributed by atoms with van der Waals surface area (Å²) < 4.78 is 13.7. The summed E-state index contributed by atoms with van der Waals surface area (Å²) in [6.45, 7) is 0.260. The van der Waals surface area contributed by atoms with Crippen LogP contribution in [0, 0.1) is 5.82 Å². The average molecular weight is 270 g/mol. The highest BCUT2D eigenvalue weighted by Gasteiger charge is 2.28. The quantitative estimate of drug-likeness (QED) is 0.799. The average Bonchev–Trinajstić information content (AvgIpc) is 2.48. The van der Waals surface area contributed by atoms with E-state index in [4.69, 9.17) is 0 Å². The minimum absolute atomic E-state index is 0.000139. The molecule has 3 rings (SSSR count). The predicted octanol–water partition coefficient (Wildman–Crippen LogP) is 2.45. The first-order valence-electron chi connectivity index (χ1n) is 6.22. The van der Waals surface area contributed by atoms with E-state index >= 15 is 0 Å². The molecule has 0 radical (unpaired) electrons. The minimum atomic E-state index is -0.660. The molecule has 0 aliphatic carbocycles. The van der Waals surface area contributed by atoms with Crippen LogP contribution in [0.15, 0.2) is 42.7 Å². The molecule has 100 valence electrons. The molecule has 0 fully saturated rings. The summed E-state index contributed by atoms with van der Waals surface area (Å²) in [4.78, 5) is 29.3. The number of carbonyl (C=O) groups excluding carboxylic acids is 2. The summed E-state index contributed by atoms with van der Waals surface area (Å²) in [6.07, 6.45) is 2.63. The van der Waals surface area contributed by atoms with Crippen LogP contribution in [0.25, 0.3) is 0 Å². The second kappa shape index (κ2) is 4.85. The molecule has 1 aliphatic rings. The number of hydrogen-bond acceptors (Lipinski definition) is 3. The van der Waals surface area contributed by atoms with Crippen molar-refractivity contribution in [2.45, 2.75) is 6.42 Å². The number of pyridine rings is 1. The highest BCUT2D eigenvalue weighted by Crippen LogP contribution is 2.28. The van der Waals surface area contributed by atoms with Crippen molar-refractivity contribution >= 4 is 17.4 Å². The zero-order valence-corrected chi connectivity index (χ0v) is 10.5. The molecule has 4 nitrogen and oxygen atoms in total. The molecule has 1 aromatic carbocycles. The van der Waals surface area contributed by atoms with Crippen LogP contribution in [-0.2, 0) is 0 Å². The molecule has 1 aromatic heterocycles. The first-order chi connectivity index (χ1) is 9.68. The molecule has 1 aliphatic heterocycles. The molecule has 0 bridgehead atoms. The van der Waals surface area contributed by atoms with Crippen molar-refractivity contribution in [2.75, 3.05) is 11.4 Å². The summed E-state index contributed by atoms with van der Waals surface area (Å²) in [6, 6.07) is 8.22. The van der Waals surface area contributed by atoms with Crippen LogP contribution >= 0.6 is 0 Å². The largest absolute Gasteiger partial charge is 0.307 e. The van der Waals surface area contributed by atoms with Gasteiger partial charge < -0.3 is 4.90 Å². The molecular weight excluding hydrogens is 259 g/mol. The zero-order valence-electron chi connectivity index (χ0n) is 10.5. The monoisotopic (exact) mass is 270 g/mol. The molecule has 20 heavy (non-hydrogen) atoms. The van der Waals surface area contributed by atoms with Gasteiger partial charge in [-0.25, -0.2) is 4.39 Å². The third-order valence-electron chi connectivity index (χ3n) is 3.31. The maximum Gasteiger partial charge on any atom is 0.261 e. The van der Waals surface area contributed by atoms with Gasteiger partial charge in [-0.15, -0.1) is 0 Å². The molecule has 2 heterocycles. The van der Waals surface area contributed by atoms with Gasteiger partial charge in [-0.05, 0) is 18.2 Å². The van der Waals surface area contributed by atoms with Crippen LogP contribution in [0.5, 0.6) is 0 Å². The number of halogens is 1. The van der Waals surface area contributed by atoms with Gasteiger partial charge in [-0.1, -0.05) is 12.1 Å². The molecule has 0 atom stereocenters. The summed E-state index contributed by atoms with van der Waals surface area (Å²) in [7, 11) is 0. The Balaban J connectivity index is 2.04. The van der Waals surface area contributed by atoms with Gasteiger partial charge in [0.1, 0.15) is 0 Å². The Labute approximate surface area is 114 Å². The Kier molecular flexibility index (Phi) is 3.02. The Hall–Kier alpha value is -2.56. The Morgan fingerprint density at radius 2 is 2.05 bits per heavy atom. The lowest BCUT2D eigenvalue weighted by molar-refractivity contribution is 0.0953. The van der Waals surface area contributed by atoms with E-state index in [2.05, 4.69) is 4.98 Å². The number of ketones is 1. The second-order valence-corrected chi connectivity index (χ2v) is 4.50. The normalized spacial score (nSPS) is 14.1. The highest BCUT2D eigenvalue weighted by atomic mass is 19.1. The van der Waals surface area contributed by atoms with Gasteiger partial charge in [0.2, 0.25) is 0 Å². The third-order valence-corrected chi connectivity index (χ3v) is 3.31. The zero-order chi connectivity index (χ0) is 14.1. The number of nitrogens with zero attached hydrogens (tertiary/aromatic N) is 2. The van der Waals surface area contributed by atoms with Gasteiger partial charge >= 0.3 is 0 Å². The molecule has 0 unspecified atom stereocenters. The van der Waals surface area contributed by atoms with Crippen molar-refractivity contribution < 1.29 is 14.0 Å². The number of amides is 1. The number of aromatic nitrogens is 1. The topological polar surface area (TPSA) is 50.3 Å². The molecule has 0 N–H and O–H groups in total. The van der Waals surface area contributed by atoms with Crippen LogP contribution in [0.2, 0.25) is 0 Å². The smallest absolute Gasteiger partial charge is 0.261 e. The highest BCUT2D eigenvalue weighted by molar-refractivity contribution is 6.13. The Morgan fingerprint density at radius 3 is 2.85 bits per heavy atom. The number of anilines is 1. The summed E-state index contributed by atoms with van der Waals surface area (Å²) in [5, 5.41) is 0. The lowest BCUT2D eigenvalue weighted by Crippen LogP contribution is -2.37. The number of fused-ring (bicyclic) bond motifs is 1. The van der Waals surface area contributed by atoms with Gasteiger partial charge in [-0.2, -0.15) is 0 Å². The number of Topliss-reactive ketones (excluding diaryl/α,β-unsaturated/α-hetero) is 1. The lowest BCUT2D eigenvalue weighted by Gasteiger charge is -2.28. The minimum Gasteiger partial charge on any atom is -0.307 e. The maximum atomic E-state index is 13.7. The van der Waals surface area contributed by atoms with E-state index in [0.717, 1.165) is 6.20 Å². The van der Waals surface area contributed by atoms with Gasteiger partial charge in [0, 0.05) is 24.7 Å². The van der Waals surface area contributed by atoms with Gasteiger partial charge in [0.15, 0.2) is 11.6 Å². The predicted molar refractivity (Wildman–Crippen MR) is 71.3 cm³/mol. The van der Waals surface area contributed by atoms with E-state index in [0.29, 0.717) is 11.3 Å². The fourth-order valence-electron chi connectivity index (χ4n) is 2.32. The van der Waals surface area contributed by atoms with Crippen LogP contribution in [0.3, 0.4) is 0 Å². The Morgan fingerprint density at radius 1 is 1.25 bits per heavy atom. The van der Waals surface area contributed by atoms with Crippen molar-refractivity contribution in [3.05, 3.63) is 59.7 Å². The summed E-state index contributed by atoms with van der Waals surface area (Å²) >= 11 is 0. The van der Waals surface area contributed by atoms with Gasteiger partial charge in [0.05, 0.1) is 17.4 Å². The summed E-state index contributed by atoms with van der Waals surface area (Å²) in [5.41, 5.74) is 0.996. The Bertz CT molecular complexity index is 700. The van der Waals surface area contributed by atoms with E-state index < -0.39 is 11.7 Å². The summed E-state index contributed by atoms with van der Waals surface area (Å²) in [5.74, 6) is -1.11. The fraction of sp³-hybridized carbons (Fsp3) is 0.133. The number of rotatable bonds is 1. The fourth-order valence-corrected chi connectivity index (χ4v) is 2.32. The third kappa shape index (κ3) is 1.97. The molecule has 5 heteroatoms. The second-order valence-electron chi connectivity index (χ2n) is 4.50. The molecular formula is C15H11FN2O2. The van der Waals surface area contributed by atoms with Crippen molar-refractivity contribution in [1.82, 2.24) is 4.98 Å². The van der Waals surface area contributed by atoms with E-state index in [1.165, 1.54) is 17.2 Å². The van der Waals surface area contributed by atoms with Crippen LogP contribution < -0.4 is 4.90 Å². The number of carbonyl (C=O) groups is 2. The first-order valence-corrected chi connectivity index (χ1v) is 6.22. The first kappa shape index (κ1) is 12.5. The SMILES string of the molecule is O=C1CCN(C(=O)c2ccncc2F)c2ccccc21. The van der Waals surface area contributed by atoms with E-state index in [9.17, 15) is 14.0 Å². The molecule has 1 amide bonds. The van der Waals surface area contributed by atoms with Crippen molar-refractivity contribution in [3.63, 3.8) is 0 Å². The molecule has 0 saturated heterocycles. The lowest BCUT2D eigenvalue weighted by atomic mass is 9.99. The number of para-hydroxylation sites is 1. The van der Waals surface area contributed by atoms with E-state index in [1.54, 1.807) is 24.3 Å². The standard InChI is InChI=1S/C15H11FN2O2/c16-12-9-17-7-5-10(12)15(20)18-8-6-14(19)11-3-1-2-4-13(11)18/h1-5,7,9H,6,8H2. The van der Waals surface area contributed by atoms with E-state index in [1.807, 2.05) is 0 Å². The van der Waals surface area contributed by atoms with Crippen LogP contribution in [-0.4, -0.2) is 23.2 Å². The van der Waals surface area contributed by atoms with Crippen molar-refractivity contribution in [2.24, 2.45) is 0 Å². The molecule has 2 aromatic rings. The molecule has 0 spiro atoms.